The fourth-order valence-corrected chi connectivity index (χ4v) is 1.76. The zero-order chi connectivity index (χ0) is 11.7. The van der Waals surface area contributed by atoms with Gasteiger partial charge >= 0.3 is 5.69 Å². The third kappa shape index (κ3) is 1.89. The van der Waals surface area contributed by atoms with Gasteiger partial charge in [0.2, 0.25) is 0 Å². The minimum atomic E-state index is -0.221. The number of aryl methyl sites for hydroxylation is 3. The van der Waals surface area contributed by atoms with Crippen molar-refractivity contribution in [3.63, 3.8) is 0 Å². The maximum atomic E-state index is 11.8. The smallest absolute Gasteiger partial charge is 0.265 e. The quantitative estimate of drug-likeness (QED) is 0.729. The molecular formula is C13H14N2O. The Morgan fingerprint density at radius 3 is 2.25 bits per heavy atom. The van der Waals surface area contributed by atoms with Gasteiger partial charge in [-0.3, -0.25) is 4.57 Å². The molecule has 3 nitrogen and oxygen atoms in total. The molecule has 0 atom stereocenters. The standard InChI is InChI=1S/C13H14N2O/c1-9-4-6-12(7-5-9)15-11(3)8-10(2)14-13(15)16/h4-8H,1-3H3. The van der Waals surface area contributed by atoms with Gasteiger partial charge in [-0.25, -0.2) is 4.79 Å². The fraction of sp³-hybridized carbons (Fsp3) is 0.231. The van der Waals surface area contributed by atoms with Crippen LogP contribution in [0.3, 0.4) is 0 Å². The molecule has 0 spiro atoms. The first kappa shape index (κ1) is 10.6. The second-order valence-electron chi connectivity index (χ2n) is 3.99. The van der Waals surface area contributed by atoms with E-state index < -0.39 is 0 Å². The topological polar surface area (TPSA) is 34.9 Å². The van der Waals surface area contributed by atoms with E-state index in [2.05, 4.69) is 4.98 Å². The molecule has 2 rings (SSSR count). The van der Waals surface area contributed by atoms with Crippen molar-refractivity contribution in [2.75, 3.05) is 0 Å². The highest BCUT2D eigenvalue weighted by atomic mass is 16.1. The molecule has 0 amide bonds. The number of nitrogens with zero attached hydrogens (tertiary/aromatic N) is 2. The van der Waals surface area contributed by atoms with Gasteiger partial charge in [0.15, 0.2) is 0 Å². The molecule has 2 aromatic rings. The van der Waals surface area contributed by atoms with Crippen LogP contribution < -0.4 is 5.69 Å². The maximum absolute atomic E-state index is 11.8. The van der Waals surface area contributed by atoms with Gasteiger partial charge in [0, 0.05) is 11.4 Å². The van der Waals surface area contributed by atoms with E-state index in [1.54, 1.807) is 4.57 Å². The third-order valence-electron chi connectivity index (χ3n) is 2.53. The summed E-state index contributed by atoms with van der Waals surface area (Å²) in [6, 6.07) is 9.74. The molecule has 0 aliphatic rings. The number of hydrogen-bond donors (Lipinski definition) is 0. The number of hydrogen-bond acceptors (Lipinski definition) is 2. The minimum absolute atomic E-state index is 0.221. The van der Waals surface area contributed by atoms with Crippen LogP contribution in [0.4, 0.5) is 0 Å². The molecule has 82 valence electrons. The van der Waals surface area contributed by atoms with Crippen LogP contribution in [0.15, 0.2) is 35.1 Å². The second-order valence-corrected chi connectivity index (χ2v) is 3.99. The zero-order valence-electron chi connectivity index (χ0n) is 9.69. The summed E-state index contributed by atoms with van der Waals surface area (Å²) >= 11 is 0. The number of benzene rings is 1. The van der Waals surface area contributed by atoms with E-state index in [1.807, 2.05) is 51.1 Å². The van der Waals surface area contributed by atoms with E-state index in [0.29, 0.717) is 0 Å². The van der Waals surface area contributed by atoms with E-state index in [-0.39, 0.29) is 5.69 Å². The molecule has 0 N–H and O–H groups in total. The van der Waals surface area contributed by atoms with Crippen molar-refractivity contribution in [3.05, 3.63) is 57.8 Å². The van der Waals surface area contributed by atoms with Crippen LogP contribution >= 0.6 is 0 Å². The first-order chi connectivity index (χ1) is 7.58. The highest BCUT2D eigenvalue weighted by molar-refractivity contribution is 5.35. The molecule has 1 aromatic carbocycles. The summed E-state index contributed by atoms with van der Waals surface area (Å²) in [6.45, 7) is 5.76. The highest BCUT2D eigenvalue weighted by Crippen LogP contribution is 2.09. The molecule has 0 saturated carbocycles. The first-order valence-corrected chi connectivity index (χ1v) is 5.22. The molecule has 1 aromatic heterocycles. The van der Waals surface area contributed by atoms with Crippen LogP contribution in [0.25, 0.3) is 5.69 Å². The van der Waals surface area contributed by atoms with Gasteiger partial charge in [0.1, 0.15) is 0 Å². The normalized spacial score (nSPS) is 10.4. The van der Waals surface area contributed by atoms with E-state index in [1.165, 1.54) is 5.56 Å². The van der Waals surface area contributed by atoms with Gasteiger partial charge in [-0.15, -0.1) is 0 Å². The SMILES string of the molecule is Cc1ccc(-n2c(C)cc(C)nc2=O)cc1. The number of aromatic nitrogens is 2. The lowest BCUT2D eigenvalue weighted by atomic mass is 10.2. The van der Waals surface area contributed by atoms with E-state index in [9.17, 15) is 4.79 Å². The molecule has 0 fully saturated rings. The Morgan fingerprint density at radius 1 is 1.06 bits per heavy atom. The fourth-order valence-electron chi connectivity index (χ4n) is 1.76. The Hall–Kier alpha value is -1.90. The summed E-state index contributed by atoms with van der Waals surface area (Å²) in [4.78, 5) is 15.7. The van der Waals surface area contributed by atoms with Crippen molar-refractivity contribution in [2.24, 2.45) is 0 Å². The van der Waals surface area contributed by atoms with Crippen molar-refractivity contribution in [1.29, 1.82) is 0 Å². The first-order valence-electron chi connectivity index (χ1n) is 5.22. The lowest BCUT2D eigenvalue weighted by molar-refractivity contribution is 0.855. The van der Waals surface area contributed by atoms with Gasteiger partial charge < -0.3 is 0 Å². The Labute approximate surface area is 94.4 Å². The van der Waals surface area contributed by atoms with E-state index in [0.717, 1.165) is 17.1 Å². The summed E-state index contributed by atoms with van der Waals surface area (Å²) in [5.74, 6) is 0. The summed E-state index contributed by atoms with van der Waals surface area (Å²) < 4.78 is 1.62. The van der Waals surface area contributed by atoms with Crippen LogP contribution in [0, 0.1) is 20.8 Å². The molecule has 3 heteroatoms. The molecule has 0 radical (unpaired) electrons. The zero-order valence-corrected chi connectivity index (χ0v) is 9.69. The second kappa shape index (κ2) is 3.93. The van der Waals surface area contributed by atoms with Crippen molar-refractivity contribution in [1.82, 2.24) is 9.55 Å². The van der Waals surface area contributed by atoms with Crippen LogP contribution in [0.5, 0.6) is 0 Å². The molecule has 0 unspecified atom stereocenters. The van der Waals surface area contributed by atoms with E-state index in [4.69, 9.17) is 0 Å². The molecule has 1 heterocycles. The Balaban J connectivity index is 2.65. The molecule has 0 bridgehead atoms. The molecular weight excluding hydrogens is 200 g/mol. The van der Waals surface area contributed by atoms with Gasteiger partial charge in [-0.1, -0.05) is 17.7 Å². The summed E-state index contributed by atoms with van der Waals surface area (Å²) in [5.41, 5.74) is 3.48. The predicted molar refractivity (Wildman–Crippen MR) is 64.0 cm³/mol. The Bertz CT molecular complexity index is 567. The lowest BCUT2D eigenvalue weighted by Crippen LogP contribution is -2.23. The van der Waals surface area contributed by atoms with Crippen LogP contribution in [-0.4, -0.2) is 9.55 Å². The molecule has 0 aliphatic heterocycles. The van der Waals surface area contributed by atoms with E-state index >= 15 is 0 Å². The van der Waals surface area contributed by atoms with Gasteiger partial charge in [-0.2, -0.15) is 4.98 Å². The average Bonchev–Trinajstić information content (AvgIpc) is 2.19. The van der Waals surface area contributed by atoms with Crippen molar-refractivity contribution in [2.45, 2.75) is 20.8 Å². The summed E-state index contributed by atoms with van der Waals surface area (Å²) in [5, 5.41) is 0. The maximum Gasteiger partial charge on any atom is 0.352 e. The minimum Gasteiger partial charge on any atom is -0.265 e. The molecule has 16 heavy (non-hydrogen) atoms. The van der Waals surface area contributed by atoms with Gasteiger partial charge in [-0.05, 0) is 39.0 Å². The van der Waals surface area contributed by atoms with Crippen LogP contribution in [0.1, 0.15) is 17.0 Å². The Kier molecular flexibility index (Phi) is 2.60. The van der Waals surface area contributed by atoms with Crippen LogP contribution in [-0.2, 0) is 0 Å². The predicted octanol–water partition coefficient (Wildman–Crippen LogP) is 2.16. The van der Waals surface area contributed by atoms with Crippen molar-refractivity contribution >= 4 is 0 Å². The molecule has 0 aliphatic carbocycles. The van der Waals surface area contributed by atoms with Crippen molar-refractivity contribution in [3.8, 4) is 5.69 Å². The highest BCUT2D eigenvalue weighted by Gasteiger charge is 2.04. The Morgan fingerprint density at radius 2 is 1.69 bits per heavy atom. The third-order valence-corrected chi connectivity index (χ3v) is 2.53. The largest absolute Gasteiger partial charge is 0.352 e. The molecule has 0 saturated heterocycles. The number of rotatable bonds is 1. The summed E-state index contributed by atoms with van der Waals surface area (Å²) in [6.07, 6.45) is 0. The van der Waals surface area contributed by atoms with Gasteiger partial charge in [0.05, 0.1) is 5.69 Å². The average molecular weight is 214 g/mol. The monoisotopic (exact) mass is 214 g/mol. The lowest BCUT2D eigenvalue weighted by Gasteiger charge is -2.09. The van der Waals surface area contributed by atoms with Gasteiger partial charge in [0.25, 0.3) is 0 Å². The van der Waals surface area contributed by atoms with Crippen LogP contribution in [0.2, 0.25) is 0 Å². The van der Waals surface area contributed by atoms with Crippen molar-refractivity contribution < 1.29 is 0 Å². The summed E-state index contributed by atoms with van der Waals surface area (Å²) in [7, 11) is 0.